The molecule has 0 N–H and O–H groups in total. The van der Waals surface area contributed by atoms with Crippen molar-refractivity contribution in [2.24, 2.45) is 11.8 Å². The molecule has 2 atom stereocenters. The van der Waals surface area contributed by atoms with Crippen LogP contribution in [0.15, 0.2) is 0 Å². The van der Waals surface area contributed by atoms with E-state index in [1.165, 1.54) is 90.6 Å². The number of rotatable bonds is 15. The van der Waals surface area contributed by atoms with Gasteiger partial charge in [0, 0.05) is 51.9 Å². The van der Waals surface area contributed by atoms with Crippen molar-refractivity contribution in [3.63, 3.8) is 0 Å². The van der Waals surface area contributed by atoms with Gasteiger partial charge in [-0.2, -0.15) is 0 Å². The molecule has 0 spiro atoms. The summed E-state index contributed by atoms with van der Waals surface area (Å²) in [7, 11) is 2.31. The van der Waals surface area contributed by atoms with Gasteiger partial charge in [0.25, 0.3) is 0 Å². The predicted octanol–water partition coefficient (Wildman–Crippen LogP) is 4.74. The van der Waals surface area contributed by atoms with Gasteiger partial charge in [0.15, 0.2) is 0 Å². The normalized spacial score (nSPS) is 25.9. The van der Waals surface area contributed by atoms with E-state index in [9.17, 15) is 0 Å². The molecule has 4 heteroatoms. The fraction of sp³-hybridized carbons (Fsp3) is 1.00. The maximum atomic E-state index is 6.19. The minimum atomic E-state index is 0.508. The second kappa shape index (κ2) is 14.0. The van der Waals surface area contributed by atoms with Crippen LogP contribution < -0.4 is 0 Å². The van der Waals surface area contributed by atoms with Crippen LogP contribution in [0.3, 0.4) is 0 Å². The second-order valence-corrected chi connectivity index (χ2v) is 10.0. The summed E-state index contributed by atoms with van der Waals surface area (Å²) in [5.41, 5.74) is 0. The molecule has 172 valence electrons. The van der Waals surface area contributed by atoms with E-state index in [0.29, 0.717) is 6.10 Å². The third kappa shape index (κ3) is 9.25. The van der Waals surface area contributed by atoms with Crippen molar-refractivity contribution >= 4 is 0 Å². The van der Waals surface area contributed by atoms with Gasteiger partial charge in [0.05, 0.1) is 12.7 Å². The van der Waals surface area contributed by atoms with Crippen LogP contribution >= 0.6 is 0 Å². The highest BCUT2D eigenvalue weighted by Gasteiger charge is 2.33. The number of nitrogens with zero attached hydrogens (tertiary/aromatic N) is 3. The van der Waals surface area contributed by atoms with Gasteiger partial charge in [-0.3, -0.25) is 4.90 Å². The lowest BCUT2D eigenvalue weighted by Gasteiger charge is -2.42. The lowest BCUT2D eigenvalue weighted by atomic mass is 9.87. The largest absolute Gasteiger partial charge is 0.377 e. The van der Waals surface area contributed by atoms with Crippen molar-refractivity contribution in [3.05, 3.63) is 0 Å². The summed E-state index contributed by atoms with van der Waals surface area (Å²) >= 11 is 0. The Hall–Kier alpha value is -0.160. The highest BCUT2D eigenvalue weighted by Crippen LogP contribution is 2.28. The molecule has 1 aliphatic carbocycles. The van der Waals surface area contributed by atoms with E-state index in [0.717, 1.165) is 31.0 Å². The van der Waals surface area contributed by atoms with E-state index in [4.69, 9.17) is 4.74 Å². The molecule has 29 heavy (non-hydrogen) atoms. The number of ether oxygens (including phenoxy) is 1. The average molecular weight is 410 g/mol. The molecule has 4 nitrogen and oxygen atoms in total. The third-order valence-corrected chi connectivity index (χ3v) is 7.36. The molecule has 0 bridgehead atoms. The van der Waals surface area contributed by atoms with Gasteiger partial charge in [-0.05, 0) is 44.6 Å². The first-order valence-electron chi connectivity index (χ1n) is 12.8. The minimum Gasteiger partial charge on any atom is -0.377 e. The lowest BCUT2D eigenvalue weighted by Crippen LogP contribution is -2.50. The first-order chi connectivity index (χ1) is 14.0. The maximum Gasteiger partial charge on any atom is 0.0605 e. The number of unbranched alkanes of at least 4 members (excludes halogenated alkanes) is 1. The van der Waals surface area contributed by atoms with E-state index in [1.54, 1.807) is 0 Å². The summed E-state index contributed by atoms with van der Waals surface area (Å²) in [6.45, 7) is 18.9. The summed E-state index contributed by atoms with van der Waals surface area (Å²) in [5.74, 6) is 1.72. The number of hydrogen-bond donors (Lipinski definition) is 0. The zero-order valence-electron chi connectivity index (χ0n) is 20.4. The highest BCUT2D eigenvalue weighted by atomic mass is 16.5. The van der Waals surface area contributed by atoms with Crippen LogP contribution in [0, 0.1) is 11.8 Å². The van der Waals surface area contributed by atoms with E-state index < -0.39 is 0 Å². The number of piperazine rings is 1. The van der Waals surface area contributed by atoms with Gasteiger partial charge in [-0.25, -0.2) is 0 Å². The van der Waals surface area contributed by atoms with Crippen molar-refractivity contribution in [3.8, 4) is 0 Å². The van der Waals surface area contributed by atoms with Gasteiger partial charge in [0.2, 0.25) is 0 Å². The standard InChI is InChI=1S/C25H51N3O/c1-6-9-11-22(4)20-26(5)24-18-25(19-24)29-17-16-27-12-14-28(15-13-27)21-23(8-3)10-7-2/h22-25H,6-21H2,1-5H3. The van der Waals surface area contributed by atoms with E-state index >= 15 is 0 Å². The molecule has 0 aromatic carbocycles. The van der Waals surface area contributed by atoms with Crippen molar-refractivity contribution in [1.82, 2.24) is 14.7 Å². The molecule has 2 fully saturated rings. The predicted molar refractivity (Wildman–Crippen MR) is 126 cm³/mol. The van der Waals surface area contributed by atoms with Crippen LogP contribution in [0.25, 0.3) is 0 Å². The zero-order valence-corrected chi connectivity index (χ0v) is 20.4. The Bertz CT molecular complexity index is 405. The Morgan fingerprint density at radius 2 is 1.66 bits per heavy atom. The first kappa shape index (κ1) is 25.1. The maximum absolute atomic E-state index is 6.19. The van der Waals surface area contributed by atoms with E-state index in [1.807, 2.05) is 0 Å². The molecule has 2 aliphatic rings. The summed E-state index contributed by atoms with van der Waals surface area (Å²) in [6, 6.07) is 0.752. The van der Waals surface area contributed by atoms with Crippen molar-refractivity contribution in [1.29, 1.82) is 0 Å². The molecule has 0 aromatic heterocycles. The molecule has 2 unspecified atom stereocenters. The molecule has 2 rings (SSSR count). The van der Waals surface area contributed by atoms with Crippen LogP contribution in [0.2, 0.25) is 0 Å². The Labute approximate surface area is 182 Å². The Morgan fingerprint density at radius 1 is 0.966 bits per heavy atom. The van der Waals surface area contributed by atoms with Crippen LogP contribution in [0.4, 0.5) is 0 Å². The molecular formula is C25H51N3O. The van der Waals surface area contributed by atoms with Gasteiger partial charge >= 0.3 is 0 Å². The van der Waals surface area contributed by atoms with Crippen LogP contribution in [0.5, 0.6) is 0 Å². The molecule has 1 saturated carbocycles. The molecule has 0 aromatic rings. The zero-order chi connectivity index (χ0) is 21.1. The van der Waals surface area contributed by atoms with Gasteiger partial charge in [-0.1, -0.05) is 53.4 Å². The Morgan fingerprint density at radius 3 is 2.28 bits per heavy atom. The van der Waals surface area contributed by atoms with Crippen LogP contribution in [-0.4, -0.2) is 86.3 Å². The van der Waals surface area contributed by atoms with E-state index in [2.05, 4.69) is 49.4 Å². The molecule has 0 radical (unpaired) electrons. The second-order valence-electron chi connectivity index (χ2n) is 10.0. The molecule has 1 saturated heterocycles. The smallest absolute Gasteiger partial charge is 0.0605 e. The Balaban J connectivity index is 1.50. The minimum absolute atomic E-state index is 0.508. The van der Waals surface area contributed by atoms with Gasteiger partial charge in [0.1, 0.15) is 0 Å². The lowest BCUT2D eigenvalue weighted by molar-refractivity contribution is -0.0548. The van der Waals surface area contributed by atoms with Crippen molar-refractivity contribution < 1.29 is 4.74 Å². The van der Waals surface area contributed by atoms with Crippen LogP contribution in [-0.2, 0) is 4.74 Å². The van der Waals surface area contributed by atoms with Gasteiger partial charge < -0.3 is 14.5 Å². The summed E-state index contributed by atoms with van der Waals surface area (Å²) in [6.07, 6.45) is 11.1. The van der Waals surface area contributed by atoms with E-state index in [-0.39, 0.29) is 0 Å². The highest BCUT2D eigenvalue weighted by molar-refractivity contribution is 4.87. The van der Waals surface area contributed by atoms with Crippen LogP contribution in [0.1, 0.15) is 79.1 Å². The fourth-order valence-corrected chi connectivity index (χ4v) is 5.06. The average Bonchev–Trinajstić information content (AvgIpc) is 2.68. The summed E-state index contributed by atoms with van der Waals surface area (Å²) < 4.78 is 6.19. The summed E-state index contributed by atoms with van der Waals surface area (Å²) in [4.78, 5) is 7.88. The quantitative estimate of drug-likeness (QED) is 0.389. The summed E-state index contributed by atoms with van der Waals surface area (Å²) in [5, 5.41) is 0. The molecule has 1 aliphatic heterocycles. The molecule has 1 heterocycles. The van der Waals surface area contributed by atoms with Crippen molar-refractivity contribution in [2.45, 2.75) is 91.2 Å². The fourth-order valence-electron chi connectivity index (χ4n) is 5.06. The first-order valence-corrected chi connectivity index (χ1v) is 12.8. The third-order valence-electron chi connectivity index (χ3n) is 7.36. The monoisotopic (exact) mass is 409 g/mol. The Kier molecular flexibility index (Phi) is 12.1. The van der Waals surface area contributed by atoms with Gasteiger partial charge in [-0.15, -0.1) is 0 Å². The number of hydrogen-bond acceptors (Lipinski definition) is 4. The topological polar surface area (TPSA) is 19.0 Å². The SMILES string of the molecule is CCCCC(C)CN(C)C1CC(OCCN2CCN(CC(CC)CCC)CC2)C1. The molecule has 0 amide bonds. The van der Waals surface area contributed by atoms with Crippen molar-refractivity contribution in [2.75, 3.05) is 59.5 Å². The molecular weight excluding hydrogens is 358 g/mol.